The van der Waals surface area contributed by atoms with E-state index in [4.69, 9.17) is 5.11 Å². The molecule has 1 unspecified atom stereocenters. The number of hydrogen-bond acceptors (Lipinski definition) is 3. The molecule has 1 atom stereocenters. The Bertz CT molecular complexity index is 574. The smallest absolute Gasteiger partial charge is 0.326 e. The summed E-state index contributed by atoms with van der Waals surface area (Å²) in [6.07, 6.45) is 2.20. The first-order valence-electron chi connectivity index (χ1n) is 6.61. The SMILES string of the molecule is C=CCCC(NC(=O)CNC(=O)c1cccc(F)c1)C(=O)O. The van der Waals surface area contributed by atoms with Crippen molar-refractivity contribution in [2.45, 2.75) is 18.9 Å². The number of carboxylic acids is 1. The van der Waals surface area contributed by atoms with Crippen LogP contribution in [0.25, 0.3) is 0 Å². The van der Waals surface area contributed by atoms with E-state index in [9.17, 15) is 18.8 Å². The van der Waals surface area contributed by atoms with Gasteiger partial charge in [0.25, 0.3) is 5.91 Å². The molecule has 0 fully saturated rings. The van der Waals surface area contributed by atoms with Crippen LogP contribution < -0.4 is 10.6 Å². The number of rotatable bonds is 8. The van der Waals surface area contributed by atoms with Crippen molar-refractivity contribution in [2.24, 2.45) is 0 Å². The van der Waals surface area contributed by atoms with Crippen molar-refractivity contribution < 1.29 is 23.9 Å². The van der Waals surface area contributed by atoms with Crippen molar-refractivity contribution in [1.82, 2.24) is 10.6 Å². The summed E-state index contributed by atoms with van der Waals surface area (Å²) in [6, 6.07) is 3.97. The molecule has 1 rings (SSSR count). The van der Waals surface area contributed by atoms with Crippen LogP contribution in [0.1, 0.15) is 23.2 Å². The standard InChI is InChI=1S/C15H17FN2O4/c1-2-3-7-12(15(21)22)18-13(19)9-17-14(20)10-5-4-6-11(16)8-10/h2,4-6,8,12H,1,3,7,9H2,(H,17,20)(H,18,19)(H,21,22). The fourth-order valence-electron chi connectivity index (χ4n) is 1.68. The maximum Gasteiger partial charge on any atom is 0.326 e. The number of aliphatic carboxylic acids is 1. The maximum absolute atomic E-state index is 13.0. The van der Waals surface area contributed by atoms with Gasteiger partial charge in [0.15, 0.2) is 0 Å². The second-order valence-electron chi connectivity index (χ2n) is 4.52. The number of halogens is 1. The summed E-state index contributed by atoms with van der Waals surface area (Å²) in [5, 5.41) is 13.5. The third-order valence-corrected chi connectivity index (χ3v) is 2.79. The highest BCUT2D eigenvalue weighted by Crippen LogP contribution is 2.03. The average Bonchev–Trinajstić information content (AvgIpc) is 2.48. The monoisotopic (exact) mass is 308 g/mol. The fourth-order valence-corrected chi connectivity index (χ4v) is 1.68. The third kappa shape index (κ3) is 5.74. The van der Waals surface area contributed by atoms with Crippen LogP contribution in [-0.2, 0) is 9.59 Å². The van der Waals surface area contributed by atoms with E-state index in [-0.39, 0.29) is 12.0 Å². The molecule has 0 heterocycles. The van der Waals surface area contributed by atoms with Gasteiger partial charge in [0.2, 0.25) is 5.91 Å². The number of hydrogen-bond donors (Lipinski definition) is 3. The molecule has 2 amide bonds. The first-order chi connectivity index (χ1) is 10.4. The summed E-state index contributed by atoms with van der Waals surface area (Å²) in [4.78, 5) is 34.3. The number of carbonyl (C=O) groups is 3. The van der Waals surface area contributed by atoms with Gasteiger partial charge in [-0.25, -0.2) is 9.18 Å². The molecule has 0 saturated heterocycles. The van der Waals surface area contributed by atoms with E-state index in [1.165, 1.54) is 18.2 Å². The highest BCUT2D eigenvalue weighted by Gasteiger charge is 2.19. The van der Waals surface area contributed by atoms with Gasteiger partial charge < -0.3 is 15.7 Å². The zero-order chi connectivity index (χ0) is 16.5. The second kappa shape index (κ2) is 8.56. The normalized spacial score (nSPS) is 11.3. The Balaban J connectivity index is 2.49. The van der Waals surface area contributed by atoms with Crippen molar-refractivity contribution in [2.75, 3.05) is 6.54 Å². The van der Waals surface area contributed by atoms with E-state index in [0.29, 0.717) is 6.42 Å². The Morgan fingerprint density at radius 2 is 2.09 bits per heavy atom. The van der Waals surface area contributed by atoms with Crippen LogP contribution in [0.2, 0.25) is 0 Å². The minimum absolute atomic E-state index is 0.0780. The van der Waals surface area contributed by atoms with E-state index >= 15 is 0 Å². The first-order valence-corrected chi connectivity index (χ1v) is 6.61. The van der Waals surface area contributed by atoms with Gasteiger partial charge in [0, 0.05) is 5.56 Å². The molecule has 0 bridgehead atoms. The van der Waals surface area contributed by atoms with E-state index < -0.39 is 36.2 Å². The van der Waals surface area contributed by atoms with Crippen molar-refractivity contribution in [3.8, 4) is 0 Å². The van der Waals surface area contributed by atoms with Crippen molar-refractivity contribution >= 4 is 17.8 Å². The fraction of sp³-hybridized carbons (Fsp3) is 0.267. The Morgan fingerprint density at radius 1 is 1.36 bits per heavy atom. The van der Waals surface area contributed by atoms with Gasteiger partial charge in [-0.1, -0.05) is 12.1 Å². The summed E-state index contributed by atoms with van der Waals surface area (Å²) >= 11 is 0. The number of amides is 2. The number of allylic oxidation sites excluding steroid dienone is 1. The van der Waals surface area contributed by atoms with Gasteiger partial charge in [-0.05, 0) is 31.0 Å². The third-order valence-electron chi connectivity index (χ3n) is 2.79. The van der Waals surface area contributed by atoms with Crippen LogP contribution in [0.3, 0.4) is 0 Å². The van der Waals surface area contributed by atoms with Gasteiger partial charge in [-0.2, -0.15) is 0 Å². The van der Waals surface area contributed by atoms with Gasteiger partial charge in [0.1, 0.15) is 11.9 Å². The topological polar surface area (TPSA) is 95.5 Å². The Morgan fingerprint density at radius 3 is 2.68 bits per heavy atom. The zero-order valence-electron chi connectivity index (χ0n) is 11.8. The second-order valence-corrected chi connectivity index (χ2v) is 4.52. The summed E-state index contributed by atoms with van der Waals surface area (Å²) in [5.41, 5.74) is 0.0780. The number of carboxylic acid groups (broad SMARTS) is 1. The summed E-state index contributed by atoms with van der Waals surface area (Å²) in [7, 11) is 0. The minimum Gasteiger partial charge on any atom is -0.480 e. The summed E-state index contributed by atoms with van der Waals surface area (Å²) in [5.74, 6) is -2.98. The lowest BCUT2D eigenvalue weighted by Gasteiger charge is -2.14. The average molecular weight is 308 g/mol. The largest absolute Gasteiger partial charge is 0.480 e. The molecule has 0 aliphatic heterocycles. The highest BCUT2D eigenvalue weighted by atomic mass is 19.1. The molecule has 6 nitrogen and oxygen atoms in total. The Labute approximate surface area is 127 Å². The van der Waals surface area contributed by atoms with E-state index in [1.807, 2.05) is 0 Å². The number of nitrogens with one attached hydrogen (secondary N) is 2. The van der Waals surface area contributed by atoms with Crippen LogP contribution in [0.15, 0.2) is 36.9 Å². The molecule has 0 radical (unpaired) electrons. The van der Waals surface area contributed by atoms with E-state index in [1.54, 1.807) is 6.08 Å². The lowest BCUT2D eigenvalue weighted by molar-refractivity contribution is -0.141. The van der Waals surface area contributed by atoms with Gasteiger partial charge >= 0.3 is 5.97 Å². The zero-order valence-corrected chi connectivity index (χ0v) is 11.8. The Kier molecular flexibility index (Phi) is 6.75. The molecule has 0 aliphatic carbocycles. The number of benzene rings is 1. The predicted molar refractivity (Wildman–Crippen MR) is 77.7 cm³/mol. The molecule has 7 heteroatoms. The highest BCUT2D eigenvalue weighted by molar-refractivity contribution is 5.96. The van der Waals surface area contributed by atoms with Crippen LogP contribution in [0.4, 0.5) is 4.39 Å². The summed E-state index contributed by atoms with van der Waals surface area (Å²) < 4.78 is 13.0. The molecule has 0 aliphatic rings. The van der Waals surface area contributed by atoms with Gasteiger partial charge in [-0.3, -0.25) is 9.59 Å². The minimum atomic E-state index is -1.16. The molecule has 0 saturated carbocycles. The molecular weight excluding hydrogens is 291 g/mol. The maximum atomic E-state index is 13.0. The number of carbonyl (C=O) groups excluding carboxylic acids is 2. The van der Waals surface area contributed by atoms with Crippen molar-refractivity contribution in [3.63, 3.8) is 0 Å². The molecule has 0 aromatic heterocycles. The van der Waals surface area contributed by atoms with Crippen LogP contribution in [0.5, 0.6) is 0 Å². The van der Waals surface area contributed by atoms with E-state index in [0.717, 1.165) is 6.07 Å². The lowest BCUT2D eigenvalue weighted by Crippen LogP contribution is -2.45. The molecule has 1 aromatic carbocycles. The van der Waals surface area contributed by atoms with Crippen LogP contribution in [-0.4, -0.2) is 35.5 Å². The molecule has 0 spiro atoms. The Hall–Kier alpha value is -2.70. The van der Waals surface area contributed by atoms with Crippen molar-refractivity contribution in [3.05, 3.63) is 48.3 Å². The van der Waals surface area contributed by atoms with Crippen LogP contribution >= 0.6 is 0 Å². The molecular formula is C15H17FN2O4. The van der Waals surface area contributed by atoms with Gasteiger partial charge in [0.05, 0.1) is 6.54 Å². The molecule has 1 aromatic rings. The van der Waals surface area contributed by atoms with E-state index in [2.05, 4.69) is 17.2 Å². The molecule has 3 N–H and O–H groups in total. The van der Waals surface area contributed by atoms with Crippen LogP contribution in [0, 0.1) is 5.82 Å². The molecule has 118 valence electrons. The van der Waals surface area contributed by atoms with Crippen molar-refractivity contribution in [1.29, 1.82) is 0 Å². The quantitative estimate of drug-likeness (QED) is 0.626. The predicted octanol–water partition coefficient (Wildman–Crippen LogP) is 1.09. The first kappa shape index (κ1) is 17.4. The van der Waals surface area contributed by atoms with Gasteiger partial charge in [-0.15, -0.1) is 6.58 Å². The summed E-state index contributed by atoms with van der Waals surface area (Å²) in [6.45, 7) is 3.08. The molecule has 22 heavy (non-hydrogen) atoms. The lowest BCUT2D eigenvalue weighted by atomic mass is 10.1.